The molecule has 0 bridgehead atoms. The number of carbonyl (C=O) groups is 1. The highest BCUT2D eigenvalue weighted by molar-refractivity contribution is 5.96. The van der Waals surface area contributed by atoms with Gasteiger partial charge in [0.05, 0.1) is 28.7 Å². The van der Waals surface area contributed by atoms with E-state index in [4.69, 9.17) is 0 Å². The molecule has 128 valence electrons. The van der Waals surface area contributed by atoms with Crippen molar-refractivity contribution in [2.45, 2.75) is 37.7 Å². The summed E-state index contributed by atoms with van der Waals surface area (Å²) >= 11 is 0. The Morgan fingerprint density at radius 1 is 1.12 bits per heavy atom. The van der Waals surface area contributed by atoms with Gasteiger partial charge in [0.1, 0.15) is 5.82 Å². The Morgan fingerprint density at radius 2 is 1.84 bits per heavy atom. The van der Waals surface area contributed by atoms with Crippen LogP contribution in [0.5, 0.6) is 0 Å². The van der Waals surface area contributed by atoms with Gasteiger partial charge in [0.15, 0.2) is 0 Å². The van der Waals surface area contributed by atoms with E-state index in [1.807, 2.05) is 48.5 Å². The molecule has 2 aromatic carbocycles. The van der Waals surface area contributed by atoms with Gasteiger partial charge in [-0.15, -0.1) is 0 Å². The number of carbonyl (C=O) groups excluding carboxylic acids is 1. The molecule has 0 aliphatic heterocycles. The summed E-state index contributed by atoms with van der Waals surface area (Å²) in [5.74, 6) is 0.560. The summed E-state index contributed by atoms with van der Waals surface area (Å²) in [5.41, 5.74) is 2.54. The van der Waals surface area contributed by atoms with Crippen LogP contribution in [0, 0.1) is 0 Å². The number of nitrogens with one attached hydrogen (secondary N) is 2. The molecule has 0 atom stereocenters. The topological polar surface area (TPSA) is 78.0 Å². The minimum atomic E-state index is -0.849. The molecule has 1 amide bonds. The molecular formula is C20H21N3O2. The standard InChI is InChI=1S/C20H21N3O2/c24-18(13-20(25)11-5-6-12-20)21-15-8-2-1-7-14(15)19-22-16-9-3-4-10-17(16)23-19/h1-4,7-10,25H,5-6,11-13H2,(H,21,24)(H,22,23). The Kier molecular flexibility index (Phi) is 4.01. The van der Waals surface area contributed by atoms with Crippen LogP contribution in [0.4, 0.5) is 5.69 Å². The third-order valence-electron chi connectivity index (χ3n) is 4.87. The van der Waals surface area contributed by atoms with E-state index in [0.29, 0.717) is 18.5 Å². The smallest absolute Gasteiger partial charge is 0.227 e. The molecule has 1 aliphatic rings. The number of hydrogen-bond acceptors (Lipinski definition) is 3. The van der Waals surface area contributed by atoms with Gasteiger partial charge in [-0.3, -0.25) is 4.79 Å². The zero-order valence-corrected chi connectivity index (χ0v) is 14.0. The minimum Gasteiger partial charge on any atom is -0.389 e. The van der Waals surface area contributed by atoms with Gasteiger partial charge in [-0.05, 0) is 37.1 Å². The van der Waals surface area contributed by atoms with E-state index in [2.05, 4.69) is 15.3 Å². The summed E-state index contributed by atoms with van der Waals surface area (Å²) in [6.45, 7) is 0. The van der Waals surface area contributed by atoms with Crippen LogP contribution in [0.25, 0.3) is 22.4 Å². The SMILES string of the molecule is O=C(CC1(O)CCCC1)Nc1ccccc1-c1nc2ccccc2[nH]1. The summed E-state index contributed by atoms with van der Waals surface area (Å²) in [6, 6.07) is 15.4. The van der Waals surface area contributed by atoms with Crippen LogP contribution in [-0.2, 0) is 4.79 Å². The number of aromatic nitrogens is 2. The van der Waals surface area contributed by atoms with Gasteiger partial charge in [-0.2, -0.15) is 0 Å². The zero-order chi connectivity index (χ0) is 17.3. The number of rotatable bonds is 4. The number of benzene rings is 2. The van der Waals surface area contributed by atoms with E-state index in [9.17, 15) is 9.90 Å². The van der Waals surface area contributed by atoms with Crippen molar-refractivity contribution in [2.24, 2.45) is 0 Å². The number of anilines is 1. The normalized spacial score (nSPS) is 16.2. The summed E-state index contributed by atoms with van der Waals surface area (Å²) in [4.78, 5) is 20.3. The van der Waals surface area contributed by atoms with Gasteiger partial charge in [0.2, 0.25) is 5.91 Å². The van der Waals surface area contributed by atoms with Gasteiger partial charge < -0.3 is 15.4 Å². The maximum Gasteiger partial charge on any atom is 0.227 e. The molecule has 1 fully saturated rings. The molecular weight excluding hydrogens is 314 g/mol. The van der Waals surface area contributed by atoms with E-state index in [-0.39, 0.29) is 12.3 Å². The number of nitrogens with zero attached hydrogens (tertiary/aromatic N) is 1. The van der Waals surface area contributed by atoms with Crippen molar-refractivity contribution in [3.63, 3.8) is 0 Å². The van der Waals surface area contributed by atoms with Crippen molar-refractivity contribution >= 4 is 22.6 Å². The monoisotopic (exact) mass is 335 g/mol. The van der Waals surface area contributed by atoms with E-state index in [1.54, 1.807) is 0 Å². The first-order chi connectivity index (χ1) is 12.1. The summed E-state index contributed by atoms with van der Waals surface area (Å²) in [7, 11) is 0. The predicted octanol–water partition coefficient (Wildman–Crippen LogP) is 3.86. The molecule has 25 heavy (non-hydrogen) atoms. The molecule has 1 aromatic heterocycles. The van der Waals surface area contributed by atoms with Crippen molar-refractivity contribution < 1.29 is 9.90 Å². The molecule has 1 saturated carbocycles. The maximum atomic E-state index is 12.4. The first kappa shape index (κ1) is 15.8. The Bertz CT molecular complexity index is 877. The quantitative estimate of drug-likeness (QED) is 0.677. The van der Waals surface area contributed by atoms with E-state index < -0.39 is 5.60 Å². The first-order valence-corrected chi connectivity index (χ1v) is 8.69. The fraction of sp³-hybridized carbons (Fsp3) is 0.300. The van der Waals surface area contributed by atoms with Gasteiger partial charge in [-0.1, -0.05) is 37.1 Å². The van der Waals surface area contributed by atoms with Crippen LogP contribution in [0.3, 0.4) is 0 Å². The summed E-state index contributed by atoms with van der Waals surface area (Å²) < 4.78 is 0. The third kappa shape index (κ3) is 3.28. The molecule has 4 rings (SSSR count). The van der Waals surface area contributed by atoms with Crippen LogP contribution in [0.2, 0.25) is 0 Å². The van der Waals surface area contributed by atoms with E-state index in [1.165, 1.54) is 0 Å². The largest absolute Gasteiger partial charge is 0.389 e. The molecule has 1 aliphatic carbocycles. The Morgan fingerprint density at radius 3 is 2.64 bits per heavy atom. The molecule has 5 nitrogen and oxygen atoms in total. The van der Waals surface area contributed by atoms with Crippen molar-refractivity contribution in [3.8, 4) is 11.4 Å². The zero-order valence-electron chi connectivity index (χ0n) is 14.0. The molecule has 3 N–H and O–H groups in total. The lowest BCUT2D eigenvalue weighted by atomic mass is 9.97. The molecule has 0 radical (unpaired) electrons. The van der Waals surface area contributed by atoms with Crippen LogP contribution >= 0.6 is 0 Å². The van der Waals surface area contributed by atoms with Crippen molar-refractivity contribution in [1.82, 2.24) is 9.97 Å². The highest BCUT2D eigenvalue weighted by Crippen LogP contribution is 2.33. The van der Waals surface area contributed by atoms with E-state index >= 15 is 0 Å². The van der Waals surface area contributed by atoms with Crippen LogP contribution < -0.4 is 5.32 Å². The Balaban J connectivity index is 1.59. The molecule has 0 unspecified atom stereocenters. The molecule has 5 heteroatoms. The van der Waals surface area contributed by atoms with E-state index in [0.717, 1.165) is 35.3 Å². The summed E-state index contributed by atoms with van der Waals surface area (Å²) in [6.07, 6.45) is 3.51. The van der Waals surface area contributed by atoms with Gasteiger partial charge in [-0.25, -0.2) is 4.98 Å². The van der Waals surface area contributed by atoms with Crippen molar-refractivity contribution in [3.05, 3.63) is 48.5 Å². The second-order valence-electron chi connectivity index (χ2n) is 6.80. The second-order valence-corrected chi connectivity index (χ2v) is 6.80. The van der Waals surface area contributed by atoms with Gasteiger partial charge >= 0.3 is 0 Å². The molecule has 0 saturated heterocycles. The lowest BCUT2D eigenvalue weighted by Crippen LogP contribution is -2.30. The highest BCUT2D eigenvalue weighted by atomic mass is 16.3. The number of aromatic amines is 1. The van der Waals surface area contributed by atoms with Gasteiger partial charge in [0, 0.05) is 5.56 Å². The average molecular weight is 335 g/mol. The van der Waals surface area contributed by atoms with Crippen molar-refractivity contribution in [2.75, 3.05) is 5.32 Å². The Hall–Kier alpha value is -2.66. The third-order valence-corrected chi connectivity index (χ3v) is 4.87. The molecule has 1 heterocycles. The molecule has 3 aromatic rings. The Labute approximate surface area is 146 Å². The number of H-pyrrole nitrogens is 1. The van der Waals surface area contributed by atoms with Crippen molar-refractivity contribution in [1.29, 1.82) is 0 Å². The number of fused-ring (bicyclic) bond motifs is 1. The lowest BCUT2D eigenvalue weighted by molar-refractivity contribution is -0.120. The molecule has 0 spiro atoms. The maximum absolute atomic E-state index is 12.4. The number of aliphatic hydroxyl groups is 1. The number of hydrogen-bond donors (Lipinski definition) is 3. The average Bonchev–Trinajstić information content (AvgIpc) is 3.21. The minimum absolute atomic E-state index is 0.140. The first-order valence-electron chi connectivity index (χ1n) is 8.69. The van der Waals surface area contributed by atoms with Crippen LogP contribution in [0.1, 0.15) is 32.1 Å². The van der Waals surface area contributed by atoms with Crippen LogP contribution in [0.15, 0.2) is 48.5 Å². The van der Waals surface area contributed by atoms with Crippen LogP contribution in [-0.4, -0.2) is 26.6 Å². The number of amides is 1. The number of para-hydroxylation sites is 3. The van der Waals surface area contributed by atoms with Gasteiger partial charge in [0.25, 0.3) is 0 Å². The highest BCUT2D eigenvalue weighted by Gasteiger charge is 2.33. The predicted molar refractivity (Wildman–Crippen MR) is 98.2 cm³/mol. The lowest BCUT2D eigenvalue weighted by Gasteiger charge is -2.21. The summed E-state index contributed by atoms with van der Waals surface area (Å²) in [5, 5.41) is 13.4. The fourth-order valence-corrected chi connectivity index (χ4v) is 3.58. The second kappa shape index (κ2) is 6.33. The fourth-order valence-electron chi connectivity index (χ4n) is 3.58. The number of imidazole rings is 1.